The molecule has 0 aliphatic carbocycles. The van der Waals surface area contributed by atoms with Crippen LogP contribution in [0.5, 0.6) is 17.2 Å². The molecule has 138 valence electrons. The molecule has 0 saturated heterocycles. The van der Waals surface area contributed by atoms with E-state index in [1.807, 2.05) is 25.1 Å². The van der Waals surface area contributed by atoms with E-state index < -0.39 is 5.97 Å². The van der Waals surface area contributed by atoms with Gasteiger partial charge in [-0.25, -0.2) is 4.79 Å². The van der Waals surface area contributed by atoms with E-state index in [2.05, 4.69) is 11.0 Å². The minimum atomic E-state index is -0.411. The summed E-state index contributed by atoms with van der Waals surface area (Å²) in [6.07, 6.45) is 0. The van der Waals surface area contributed by atoms with Crippen LogP contribution in [0.4, 0.5) is 5.69 Å². The third kappa shape index (κ3) is 4.89. The number of nitrogens with zero attached hydrogens (tertiary/aromatic N) is 1. The van der Waals surface area contributed by atoms with E-state index in [1.165, 1.54) is 0 Å². The molecular formula is C20H23NO5. The zero-order valence-electron chi connectivity index (χ0n) is 14.8. The number of ether oxygens (including phenoxy) is 4. The van der Waals surface area contributed by atoms with Crippen molar-refractivity contribution < 1.29 is 23.7 Å². The van der Waals surface area contributed by atoms with Gasteiger partial charge in [0.15, 0.2) is 0 Å². The highest BCUT2D eigenvalue weighted by Crippen LogP contribution is 2.30. The molecule has 0 fully saturated rings. The quantitative estimate of drug-likeness (QED) is 0.535. The lowest BCUT2D eigenvalue weighted by Crippen LogP contribution is -2.35. The molecule has 0 bridgehead atoms. The van der Waals surface area contributed by atoms with Gasteiger partial charge in [-0.15, -0.1) is 0 Å². The second-order valence-electron chi connectivity index (χ2n) is 5.73. The van der Waals surface area contributed by atoms with Crippen LogP contribution in [0.25, 0.3) is 0 Å². The van der Waals surface area contributed by atoms with Crippen molar-refractivity contribution in [3.8, 4) is 17.2 Å². The van der Waals surface area contributed by atoms with Crippen LogP contribution in [0, 0.1) is 0 Å². The first-order valence-corrected chi connectivity index (χ1v) is 8.74. The van der Waals surface area contributed by atoms with E-state index in [0.29, 0.717) is 25.6 Å². The number of esters is 1. The molecule has 0 unspecified atom stereocenters. The molecule has 0 amide bonds. The van der Waals surface area contributed by atoms with Crippen molar-refractivity contribution in [1.82, 2.24) is 0 Å². The van der Waals surface area contributed by atoms with E-state index in [1.54, 1.807) is 24.3 Å². The van der Waals surface area contributed by atoms with Gasteiger partial charge in [-0.1, -0.05) is 12.1 Å². The van der Waals surface area contributed by atoms with Gasteiger partial charge in [0.25, 0.3) is 0 Å². The Morgan fingerprint density at radius 3 is 2.69 bits per heavy atom. The summed E-state index contributed by atoms with van der Waals surface area (Å²) in [6, 6.07) is 15.0. The number of hydrogen-bond acceptors (Lipinski definition) is 6. The zero-order chi connectivity index (χ0) is 18.2. The fourth-order valence-electron chi connectivity index (χ4n) is 2.68. The highest BCUT2D eigenvalue weighted by atomic mass is 16.6. The summed E-state index contributed by atoms with van der Waals surface area (Å²) in [5.41, 5.74) is 1.10. The number of carbonyl (C=O) groups is 1. The van der Waals surface area contributed by atoms with E-state index in [9.17, 15) is 4.79 Å². The smallest absolute Gasteiger partial charge is 0.337 e. The van der Waals surface area contributed by atoms with Gasteiger partial charge in [0.2, 0.25) is 0 Å². The molecule has 0 radical (unpaired) electrons. The summed E-state index contributed by atoms with van der Waals surface area (Å²) < 4.78 is 21.6. The van der Waals surface area contributed by atoms with Crippen LogP contribution in [0.2, 0.25) is 0 Å². The van der Waals surface area contributed by atoms with Crippen LogP contribution < -0.4 is 19.1 Å². The highest BCUT2D eigenvalue weighted by Gasteiger charge is 2.16. The molecule has 0 atom stereocenters. The molecule has 0 aromatic heterocycles. The molecule has 6 nitrogen and oxygen atoms in total. The molecule has 6 heteroatoms. The van der Waals surface area contributed by atoms with Crippen molar-refractivity contribution in [2.45, 2.75) is 6.92 Å². The summed E-state index contributed by atoms with van der Waals surface area (Å²) >= 11 is 0. The van der Waals surface area contributed by atoms with Crippen LogP contribution in [0.15, 0.2) is 48.5 Å². The third-order valence-electron chi connectivity index (χ3n) is 3.93. The standard InChI is InChI=1S/C20H23NO5/c1-2-23-15-20(22)26-17-9-7-16(8-10-17)24-13-11-21-12-14-25-19-6-4-3-5-18(19)21/h3-10H,2,11-15H2,1H3. The minimum Gasteiger partial charge on any atom is -0.492 e. The van der Waals surface area contributed by atoms with E-state index in [-0.39, 0.29) is 6.61 Å². The first-order chi connectivity index (χ1) is 12.8. The van der Waals surface area contributed by atoms with Crippen molar-refractivity contribution >= 4 is 11.7 Å². The predicted molar refractivity (Wildman–Crippen MR) is 98.2 cm³/mol. The first kappa shape index (κ1) is 18.1. The Labute approximate surface area is 153 Å². The maximum atomic E-state index is 11.5. The van der Waals surface area contributed by atoms with Gasteiger partial charge in [0.05, 0.1) is 18.8 Å². The molecule has 0 N–H and O–H groups in total. The number of para-hydroxylation sites is 2. The van der Waals surface area contributed by atoms with Crippen molar-refractivity contribution in [2.24, 2.45) is 0 Å². The molecular weight excluding hydrogens is 334 g/mol. The van der Waals surface area contributed by atoms with Gasteiger partial charge < -0.3 is 23.8 Å². The Hall–Kier alpha value is -2.73. The Balaban J connectivity index is 1.46. The van der Waals surface area contributed by atoms with Crippen molar-refractivity contribution in [3.63, 3.8) is 0 Å². The Kier molecular flexibility index (Phi) is 6.33. The summed E-state index contributed by atoms with van der Waals surface area (Å²) in [7, 11) is 0. The molecule has 26 heavy (non-hydrogen) atoms. The molecule has 0 spiro atoms. The first-order valence-electron chi connectivity index (χ1n) is 8.74. The summed E-state index contributed by atoms with van der Waals surface area (Å²) in [6.45, 7) is 5.11. The molecule has 2 aromatic carbocycles. The van der Waals surface area contributed by atoms with Crippen molar-refractivity contribution in [1.29, 1.82) is 0 Å². The van der Waals surface area contributed by atoms with Crippen molar-refractivity contribution in [2.75, 3.05) is 44.4 Å². The Morgan fingerprint density at radius 2 is 1.88 bits per heavy atom. The molecule has 2 aromatic rings. The minimum absolute atomic E-state index is 0.0459. The topological polar surface area (TPSA) is 57.2 Å². The van der Waals surface area contributed by atoms with Gasteiger partial charge in [-0.2, -0.15) is 0 Å². The van der Waals surface area contributed by atoms with Crippen LogP contribution in [0.1, 0.15) is 6.92 Å². The summed E-state index contributed by atoms with van der Waals surface area (Å²) in [4.78, 5) is 13.8. The van der Waals surface area contributed by atoms with Crippen LogP contribution in [-0.2, 0) is 9.53 Å². The lowest BCUT2D eigenvalue weighted by atomic mass is 10.2. The van der Waals surface area contributed by atoms with Crippen LogP contribution in [-0.4, -0.2) is 45.5 Å². The molecule has 1 heterocycles. The van der Waals surface area contributed by atoms with Gasteiger partial charge in [-0.05, 0) is 43.3 Å². The van der Waals surface area contributed by atoms with E-state index in [0.717, 1.165) is 30.3 Å². The average Bonchev–Trinajstić information content (AvgIpc) is 2.68. The predicted octanol–water partition coefficient (Wildman–Crippen LogP) is 2.91. The van der Waals surface area contributed by atoms with Crippen molar-refractivity contribution in [3.05, 3.63) is 48.5 Å². The van der Waals surface area contributed by atoms with Gasteiger partial charge >= 0.3 is 5.97 Å². The Morgan fingerprint density at radius 1 is 1.12 bits per heavy atom. The molecule has 1 aliphatic heterocycles. The second-order valence-corrected chi connectivity index (χ2v) is 5.73. The maximum absolute atomic E-state index is 11.5. The molecule has 3 rings (SSSR count). The summed E-state index contributed by atoms with van der Waals surface area (Å²) in [5, 5.41) is 0. The monoisotopic (exact) mass is 357 g/mol. The number of hydrogen-bond donors (Lipinski definition) is 0. The number of rotatable bonds is 8. The number of anilines is 1. The lowest BCUT2D eigenvalue weighted by Gasteiger charge is -2.31. The lowest BCUT2D eigenvalue weighted by molar-refractivity contribution is -0.139. The maximum Gasteiger partial charge on any atom is 0.337 e. The van der Waals surface area contributed by atoms with E-state index in [4.69, 9.17) is 18.9 Å². The van der Waals surface area contributed by atoms with Crippen LogP contribution in [0.3, 0.4) is 0 Å². The fraction of sp³-hybridized carbons (Fsp3) is 0.350. The van der Waals surface area contributed by atoms with Gasteiger partial charge in [0, 0.05) is 6.61 Å². The normalized spacial score (nSPS) is 12.9. The van der Waals surface area contributed by atoms with Crippen LogP contribution >= 0.6 is 0 Å². The van der Waals surface area contributed by atoms with Gasteiger partial charge in [-0.3, -0.25) is 0 Å². The summed E-state index contributed by atoms with van der Waals surface area (Å²) in [5.74, 6) is 1.71. The largest absolute Gasteiger partial charge is 0.492 e. The molecule has 0 saturated carbocycles. The number of benzene rings is 2. The third-order valence-corrected chi connectivity index (χ3v) is 3.93. The highest BCUT2D eigenvalue weighted by molar-refractivity contribution is 5.73. The fourth-order valence-corrected chi connectivity index (χ4v) is 2.68. The Bertz CT molecular complexity index is 716. The molecule has 1 aliphatic rings. The zero-order valence-corrected chi connectivity index (χ0v) is 14.8. The SMILES string of the molecule is CCOCC(=O)Oc1ccc(OCCN2CCOc3ccccc32)cc1. The average molecular weight is 357 g/mol. The number of fused-ring (bicyclic) bond motifs is 1. The van der Waals surface area contributed by atoms with Gasteiger partial charge in [0.1, 0.15) is 37.1 Å². The second kappa shape index (κ2) is 9.10. The number of carbonyl (C=O) groups excluding carboxylic acids is 1. The van der Waals surface area contributed by atoms with E-state index >= 15 is 0 Å².